The number of hydrogen-bond donors (Lipinski definition) is 0. The Morgan fingerprint density at radius 2 is 1.80 bits per heavy atom. The topological polar surface area (TPSA) is 9.23 Å². The van der Waals surface area contributed by atoms with Crippen LogP contribution < -0.4 is 4.74 Å². The van der Waals surface area contributed by atoms with Crippen LogP contribution in [0.4, 0.5) is 17.6 Å². The standard InChI is InChI=1S/C10H9F4O/c1-6(2)7-4-3-5-8(11)9(7)15-10(12,13)14/h3-5H,1-2H3. The monoisotopic (exact) mass is 221 g/mol. The van der Waals surface area contributed by atoms with Crippen LogP contribution >= 0.6 is 0 Å². The molecule has 0 saturated heterocycles. The molecule has 1 aromatic carbocycles. The minimum Gasteiger partial charge on any atom is -0.402 e. The molecule has 83 valence electrons. The Morgan fingerprint density at radius 3 is 2.27 bits per heavy atom. The second kappa shape index (κ2) is 4.08. The van der Waals surface area contributed by atoms with Gasteiger partial charge in [0, 0.05) is 11.5 Å². The molecule has 0 saturated carbocycles. The van der Waals surface area contributed by atoms with E-state index in [4.69, 9.17) is 0 Å². The molecule has 5 heteroatoms. The zero-order valence-electron chi connectivity index (χ0n) is 8.15. The lowest BCUT2D eigenvalue weighted by Gasteiger charge is -2.15. The molecule has 1 rings (SSSR count). The van der Waals surface area contributed by atoms with Gasteiger partial charge in [-0.15, -0.1) is 13.2 Å². The smallest absolute Gasteiger partial charge is 0.402 e. The second-order valence-corrected chi connectivity index (χ2v) is 3.16. The summed E-state index contributed by atoms with van der Waals surface area (Å²) in [6.07, 6.45) is -4.88. The Bertz CT molecular complexity index is 344. The maximum Gasteiger partial charge on any atom is 0.573 e. The Hall–Kier alpha value is -1.26. The number of alkyl halides is 3. The van der Waals surface area contributed by atoms with Gasteiger partial charge in [-0.2, -0.15) is 0 Å². The predicted molar refractivity (Wildman–Crippen MR) is 46.8 cm³/mol. The fourth-order valence-electron chi connectivity index (χ4n) is 1.12. The molecule has 0 fully saturated rings. The van der Waals surface area contributed by atoms with Crippen LogP contribution in [0.1, 0.15) is 19.4 Å². The van der Waals surface area contributed by atoms with Crippen LogP contribution in [-0.2, 0) is 0 Å². The van der Waals surface area contributed by atoms with Crippen molar-refractivity contribution in [3.63, 3.8) is 0 Å². The van der Waals surface area contributed by atoms with Crippen LogP contribution in [0, 0.1) is 11.7 Å². The van der Waals surface area contributed by atoms with Crippen molar-refractivity contribution in [3.8, 4) is 5.75 Å². The first-order valence-electron chi connectivity index (χ1n) is 4.16. The molecule has 0 atom stereocenters. The van der Waals surface area contributed by atoms with E-state index in [2.05, 4.69) is 4.74 Å². The van der Waals surface area contributed by atoms with E-state index in [0.29, 0.717) is 5.92 Å². The highest BCUT2D eigenvalue weighted by Gasteiger charge is 2.33. The van der Waals surface area contributed by atoms with Crippen molar-refractivity contribution in [2.24, 2.45) is 0 Å². The molecule has 0 aliphatic carbocycles. The molecule has 15 heavy (non-hydrogen) atoms. The highest BCUT2D eigenvalue weighted by Crippen LogP contribution is 2.32. The van der Waals surface area contributed by atoms with Crippen molar-refractivity contribution < 1.29 is 22.3 Å². The van der Waals surface area contributed by atoms with Crippen LogP contribution in [0.15, 0.2) is 18.2 Å². The minimum absolute atomic E-state index is 0.118. The van der Waals surface area contributed by atoms with Crippen molar-refractivity contribution in [1.29, 1.82) is 0 Å². The van der Waals surface area contributed by atoms with Gasteiger partial charge >= 0.3 is 6.36 Å². The number of ether oxygens (including phenoxy) is 1. The van der Waals surface area contributed by atoms with Crippen LogP contribution in [0.25, 0.3) is 0 Å². The van der Waals surface area contributed by atoms with Gasteiger partial charge in [0.05, 0.1) is 0 Å². The van der Waals surface area contributed by atoms with Gasteiger partial charge in [0.15, 0.2) is 11.6 Å². The number of hydrogen-bond acceptors (Lipinski definition) is 1. The third-order valence-electron chi connectivity index (χ3n) is 1.72. The molecule has 0 heterocycles. The average molecular weight is 221 g/mol. The van der Waals surface area contributed by atoms with Gasteiger partial charge in [0.2, 0.25) is 0 Å². The van der Waals surface area contributed by atoms with Gasteiger partial charge in [-0.3, -0.25) is 0 Å². The van der Waals surface area contributed by atoms with Gasteiger partial charge in [0.1, 0.15) is 0 Å². The number of rotatable bonds is 2. The molecule has 1 nitrogen and oxygen atoms in total. The third kappa shape index (κ3) is 3.11. The fourth-order valence-corrected chi connectivity index (χ4v) is 1.12. The second-order valence-electron chi connectivity index (χ2n) is 3.16. The van der Waals surface area contributed by atoms with Crippen LogP contribution in [0.5, 0.6) is 5.75 Å². The van der Waals surface area contributed by atoms with Gasteiger partial charge in [0.25, 0.3) is 0 Å². The molecule has 0 aliphatic rings. The lowest BCUT2D eigenvalue weighted by atomic mass is 10.0. The molecule has 0 aromatic heterocycles. The van der Waals surface area contributed by atoms with Crippen molar-refractivity contribution in [1.82, 2.24) is 0 Å². The largest absolute Gasteiger partial charge is 0.573 e. The average Bonchev–Trinajstić information content (AvgIpc) is 2.05. The van der Waals surface area contributed by atoms with E-state index in [0.717, 1.165) is 6.07 Å². The summed E-state index contributed by atoms with van der Waals surface area (Å²) in [5, 5.41) is 0. The maximum absolute atomic E-state index is 13.1. The normalized spacial score (nSPS) is 11.9. The minimum atomic E-state index is -4.88. The van der Waals surface area contributed by atoms with Gasteiger partial charge in [-0.1, -0.05) is 26.0 Å². The zero-order valence-corrected chi connectivity index (χ0v) is 8.15. The molecule has 0 spiro atoms. The summed E-state index contributed by atoms with van der Waals surface area (Å²) in [5.74, 6) is -1.25. The Morgan fingerprint density at radius 1 is 1.20 bits per heavy atom. The highest BCUT2D eigenvalue weighted by molar-refractivity contribution is 5.43. The first-order valence-corrected chi connectivity index (χ1v) is 4.16. The predicted octanol–water partition coefficient (Wildman–Crippen LogP) is 3.69. The summed E-state index contributed by atoms with van der Waals surface area (Å²) < 4.78 is 52.6. The maximum atomic E-state index is 13.1. The first-order chi connectivity index (χ1) is 6.81. The van der Waals surface area contributed by atoms with Gasteiger partial charge in [-0.05, 0) is 6.07 Å². The number of benzene rings is 1. The summed E-state index contributed by atoms with van der Waals surface area (Å²) in [5.41, 5.74) is 0.118. The van der Waals surface area contributed by atoms with E-state index in [1.165, 1.54) is 12.1 Å². The molecule has 0 N–H and O–H groups in total. The molecule has 1 radical (unpaired) electrons. The number of para-hydroxylation sites is 1. The fraction of sp³-hybridized carbons (Fsp3) is 0.300. The van der Waals surface area contributed by atoms with E-state index >= 15 is 0 Å². The molecule has 0 aliphatic heterocycles. The quantitative estimate of drug-likeness (QED) is 0.692. The Labute approximate surface area is 84.7 Å². The van der Waals surface area contributed by atoms with Crippen molar-refractivity contribution in [2.45, 2.75) is 20.2 Å². The van der Waals surface area contributed by atoms with Crippen molar-refractivity contribution in [3.05, 3.63) is 35.5 Å². The molecule has 1 aromatic rings. The van der Waals surface area contributed by atoms with E-state index < -0.39 is 17.9 Å². The lowest BCUT2D eigenvalue weighted by molar-refractivity contribution is -0.275. The summed E-state index contributed by atoms with van der Waals surface area (Å²) in [4.78, 5) is 0. The van der Waals surface area contributed by atoms with Gasteiger partial charge < -0.3 is 4.74 Å². The van der Waals surface area contributed by atoms with E-state index in [1.807, 2.05) is 0 Å². The van der Waals surface area contributed by atoms with Crippen LogP contribution in [0.2, 0.25) is 0 Å². The van der Waals surface area contributed by atoms with Crippen molar-refractivity contribution >= 4 is 0 Å². The molecule has 0 bridgehead atoms. The van der Waals surface area contributed by atoms with E-state index in [9.17, 15) is 17.6 Å². The molecule has 0 unspecified atom stereocenters. The number of halogens is 4. The lowest BCUT2D eigenvalue weighted by Crippen LogP contribution is -2.19. The Balaban J connectivity index is 3.14. The van der Waals surface area contributed by atoms with Gasteiger partial charge in [-0.25, -0.2) is 4.39 Å². The molecular weight excluding hydrogens is 212 g/mol. The summed E-state index contributed by atoms with van der Waals surface area (Å²) in [7, 11) is 0. The first kappa shape index (κ1) is 11.8. The van der Waals surface area contributed by atoms with Crippen LogP contribution in [0.3, 0.4) is 0 Å². The zero-order chi connectivity index (χ0) is 11.6. The van der Waals surface area contributed by atoms with E-state index in [1.54, 1.807) is 13.8 Å². The SMILES string of the molecule is C[C](C)c1cccc(F)c1OC(F)(F)F. The van der Waals surface area contributed by atoms with E-state index in [-0.39, 0.29) is 5.56 Å². The Kier molecular flexibility index (Phi) is 3.21. The molecule has 0 amide bonds. The van der Waals surface area contributed by atoms with Crippen molar-refractivity contribution in [2.75, 3.05) is 0 Å². The van der Waals surface area contributed by atoms with Crippen LogP contribution in [-0.4, -0.2) is 6.36 Å². The molecular formula is C10H9F4O. The highest BCUT2D eigenvalue weighted by atomic mass is 19.4. The third-order valence-corrected chi connectivity index (χ3v) is 1.72. The summed E-state index contributed by atoms with van der Waals surface area (Å²) >= 11 is 0. The summed E-state index contributed by atoms with van der Waals surface area (Å²) in [6, 6.07) is 3.63. The summed E-state index contributed by atoms with van der Waals surface area (Å²) in [6.45, 7) is 3.16.